The minimum atomic E-state index is -0.932. The minimum absolute atomic E-state index is 0.125. The first-order valence-electron chi connectivity index (χ1n) is 12.4. The second kappa shape index (κ2) is 12.8. The Bertz CT molecular complexity index is 1420. The highest BCUT2D eigenvalue weighted by atomic mass is 35.5. The molecule has 4 aromatic rings. The maximum absolute atomic E-state index is 13.5. The van der Waals surface area contributed by atoms with Gasteiger partial charge < -0.3 is 29.4 Å². The van der Waals surface area contributed by atoms with E-state index in [4.69, 9.17) is 35.6 Å². The fraction of sp³-hybridized carbons (Fsp3) is 0.370. The predicted octanol–water partition coefficient (Wildman–Crippen LogP) is 3.35. The van der Waals surface area contributed by atoms with Gasteiger partial charge in [0.2, 0.25) is 0 Å². The number of halogens is 1. The van der Waals surface area contributed by atoms with Gasteiger partial charge >= 0.3 is 11.3 Å². The number of hydrogen-bond donors (Lipinski definition) is 2. The van der Waals surface area contributed by atoms with E-state index in [-0.39, 0.29) is 52.4 Å². The number of nitrogen functional groups attached to an aromatic ring is 1. The van der Waals surface area contributed by atoms with Crippen LogP contribution in [-0.2, 0) is 11.3 Å². The van der Waals surface area contributed by atoms with Gasteiger partial charge in [0.05, 0.1) is 19.3 Å². The van der Waals surface area contributed by atoms with Crippen molar-refractivity contribution in [2.24, 2.45) is 0 Å². The Morgan fingerprint density at radius 1 is 1.13 bits per heavy atom. The fourth-order valence-electron chi connectivity index (χ4n) is 4.12. The van der Waals surface area contributed by atoms with Gasteiger partial charge in [0.15, 0.2) is 16.9 Å². The van der Waals surface area contributed by atoms with Crippen molar-refractivity contribution in [1.82, 2.24) is 10.2 Å². The Balaban J connectivity index is 1.64. The second-order valence-electron chi connectivity index (χ2n) is 8.89. The Kier molecular flexibility index (Phi) is 9.22. The van der Waals surface area contributed by atoms with Crippen LogP contribution in [0.1, 0.15) is 35.7 Å². The predicted molar refractivity (Wildman–Crippen MR) is 143 cm³/mol. The monoisotopic (exact) mass is 543 g/mol. The van der Waals surface area contributed by atoms with Crippen molar-refractivity contribution in [3.05, 3.63) is 79.5 Å². The van der Waals surface area contributed by atoms with Crippen LogP contribution < -0.4 is 27.0 Å². The number of morpholine rings is 1. The number of carbonyl (C=O) groups excluding carboxylic acids is 1. The smallest absolute Gasteiger partial charge is 0.336 e. The summed E-state index contributed by atoms with van der Waals surface area (Å²) < 4.78 is 22.4. The van der Waals surface area contributed by atoms with E-state index in [9.17, 15) is 14.4 Å². The molecule has 2 bridgehead atoms. The molecule has 0 aliphatic carbocycles. The number of hydrogen-bond acceptors (Lipinski definition) is 9. The SMILES string of the molecule is CCCCOc1c(C(=O)NCC2CN(Cc3ccccc3)CCO2)c2oc(=O)ccc(=O)oc1c(N)c2Cl. The molecule has 38 heavy (non-hydrogen) atoms. The van der Waals surface area contributed by atoms with Crippen molar-refractivity contribution >= 4 is 34.4 Å². The van der Waals surface area contributed by atoms with Crippen molar-refractivity contribution in [2.45, 2.75) is 32.4 Å². The molecule has 1 amide bonds. The van der Waals surface area contributed by atoms with E-state index in [1.807, 2.05) is 25.1 Å². The van der Waals surface area contributed by atoms with E-state index in [1.54, 1.807) is 0 Å². The van der Waals surface area contributed by atoms with Crippen LogP contribution in [0.25, 0.3) is 11.2 Å². The number of ether oxygens (including phenoxy) is 2. The number of carbonyl (C=O) groups is 1. The third kappa shape index (κ3) is 6.63. The Labute approximate surface area is 223 Å². The van der Waals surface area contributed by atoms with E-state index in [1.165, 1.54) is 5.56 Å². The van der Waals surface area contributed by atoms with Crippen LogP contribution in [0.15, 0.2) is 60.9 Å². The molecule has 5 rings (SSSR count). The van der Waals surface area contributed by atoms with Gasteiger partial charge in [-0.05, 0) is 12.0 Å². The molecule has 1 fully saturated rings. The van der Waals surface area contributed by atoms with Crippen LogP contribution in [0.2, 0.25) is 5.02 Å². The van der Waals surface area contributed by atoms with E-state index >= 15 is 0 Å². The van der Waals surface area contributed by atoms with Gasteiger partial charge in [-0.25, -0.2) is 9.59 Å². The van der Waals surface area contributed by atoms with Crippen LogP contribution in [0.3, 0.4) is 0 Å². The number of unbranched alkanes of at least 4 members (excludes halogenated alkanes) is 1. The van der Waals surface area contributed by atoms with E-state index < -0.39 is 17.2 Å². The number of fused-ring (bicyclic) bond motifs is 7. The summed E-state index contributed by atoms with van der Waals surface area (Å²) in [5.41, 5.74) is 4.60. The van der Waals surface area contributed by atoms with Gasteiger partial charge in [-0.15, -0.1) is 0 Å². The first-order chi connectivity index (χ1) is 18.4. The molecule has 0 saturated carbocycles. The maximum atomic E-state index is 13.5. The molecular formula is C27H30ClN3O7. The van der Waals surface area contributed by atoms with Gasteiger partial charge in [-0.2, -0.15) is 0 Å². The molecule has 2 aromatic heterocycles. The molecule has 1 aliphatic rings. The van der Waals surface area contributed by atoms with Crippen LogP contribution >= 0.6 is 11.6 Å². The molecule has 1 aliphatic heterocycles. The number of nitrogens with two attached hydrogens (primary N) is 1. The normalized spacial score (nSPS) is 15.8. The Morgan fingerprint density at radius 2 is 1.84 bits per heavy atom. The van der Waals surface area contributed by atoms with Crippen LogP contribution in [0.4, 0.5) is 5.69 Å². The largest absolute Gasteiger partial charge is 0.489 e. The molecule has 3 N–H and O–H groups in total. The lowest BCUT2D eigenvalue weighted by molar-refractivity contribution is -0.0292. The van der Waals surface area contributed by atoms with Gasteiger partial charge in [0.25, 0.3) is 5.91 Å². The van der Waals surface area contributed by atoms with Crippen LogP contribution in [-0.4, -0.2) is 49.8 Å². The minimum Gasteiger partial charge on any atom is -0.489 e. The summed E-state index contributed by atoms with van der Waals surface area (Å²) in [5.74, 6) is -0.772. The number of nitrogens with one attached hydrogen (secondary N) is 1. The van der Waals surface area contributed by atoms with Gasteiger partial charge in [0, 0.05) is 38.3 Å². The number of anilines is 1. The topological polar surface area (TPSA) is 137 Å². The van der Waals surface area contributed by atoms with Gasteiger partial charge in [0.1, 0.15) is 16.3 Å². The first-order valence-corrected chi connectivity index (χ1v) is 12.8. The van der Waals surface area contributed by atoms with Crippen LogP contribution in [0, 0.1) is 0 Å². The van der Waals surface area contributed by atoms with E-state index in [2.05, 4.69) is 22.3 Å². The second-order valence-corrected chi connectivity index (χ2v) is 9.27. The maximum Gasteiger partial charge on any atom is 0.336 e. The van der Waals surface area contributed by atoms with Crippen molar-refractivity contribution in [1.29, 1.82) is 0 Å². The molecule has 1 unspecified atom stereocenters. The summed E-state index contributed by atoms with van der Waals surface area (Å²) in [6.45, 7) is 4.99. The highest BCUT2D eigenvalue weighted by molar-refractivity contribution is 6.38. The zero-order chi connectivity index (χ0) is 27.1. The summed E-state index contributed by atoms with van der Waals surface area (Å²) in [6.07, 6.45) is 1.18. The standard InChI is InChI=1S/C27H30ClN3O7/c1-2-3-12-36-25-21(24-22(28)23(29)26(25)38-20(33)10-9-19(32)37-24)27(34)30-14-18-16-31(11-13-35-18)15-17-7-5-4-6-8-17/h4-10,18H,2-3,11-16,29H2,1H3,(H,30,34). The molecule has 0 radical (unpaired) electrons. The zero-order valence-electron chi connectivity index (χ0n) is 21.0. The molecular weight excluding hydrogens is 514 g/mol. The lowest BCUT2D eigenvalue weighted by atomic mass is 10.1. The van der Waals surface area contributed by atoms with Crippen molar-refractivity contribution < 1.29 is 23.1 Å². The number of nitrogens with zero attached hydrogens (tertiary/aromatic N) is 1. The van der Waals surface area contributed by atoms with Crippen molar-refractivity contribution in [3.8, 4) is 5.75 Å². The molecule has 202 valence electrons. The summed E-state index contributed by atoms with van der Waals surface area (Å²) in [4.78, 5) is 40.4. The Morgan fingerprint density at radius 3 is 2.55 bits per heavy atom. The summed E-state index contributed by atoms with van der Waals surface area (Å²) >= 11 is 6.39. The highest BCUT2D eigenvalue weighted by Gasteiger charge is 2.28. The number of benzene rings is 2. The molecule has 1 saturated heterocycles. The van der Waals surface area contributed by atoms with Gasteiger partial charge in [-0.3, -0.25) is 9.69 Å². The third-order valence-corrected chi connectivity index (χ3v) is 6.41. The molecule has 11 heteroatoms. The summed E-state index contributed by atoms with van der Waals surface area (Å²) in [6, 6.07) is 11.9. The quantitative estimate of drug-likeness (QED) is 0.307. The average Bonchev–Trinajstić information content (AvgIpc) is 2.91. The fourth-order valence-corrected chi connectivity index (χ4v) is 4.34. The van der Waals surface area contributed by atoms with E-state index in [0.717, 1.165) is 31.6 Å². The summed E-state index contributed by atoms with van der Waals surface area (Å²) in [5, 5.41) is 2.58. The van der Waals surface area contributed by atoms with Gasteiger partial charge in [-0.1, -0.05) is 55.3 Å². The molecule has 3 heterocycles. The Hall–Kier alpha value is -3.60. The number of amides is 1. The highest BCUT2D eigenvalue weighted by Crippen LogP contribution is 2.40. The van der Waals surface area contributed by atoms with Crippen molar-refractivity contribution in [3.63, 3.8) is 0 Å². The average molecular weight is 544 g/mol. The molecule has 1 atom stereocenters. The van der Waals surface area contributed by atoms with E-state index in [0.29, 0.717) is 19.6 Å². The third-order valence-electron chi connectivity index (χ3n) is 6.04. The first kappa shape index (κ1) is 27.4. The zero-order valence-corrected chi connectivity index (χ0v) is 21.8. The number of rotatable bonds is 9. The summed E-state index contributed by atoms with van der Waals surface area (Å²) in [7, 11) is 0. The van der Waals surface area contributed by atoms with Crippen molar-refractivity contribution in [2.75, 3.05) is 38.6 Å². The van der Waals surface area contributed by atoms with Crippen LogP contribution in [0.5, 0.6) is 5.75 Å². The molecule has 10 nitrogen and oxygen atoms in total. The lowest BCUT2D eigenvalue weighted by Gasteiger charge is -2.33. The molecule has 2 aromatic carbocycles. The molecule has 0 spiro atoms. The lowest BCUT2D eigenvalue weighted by Crippen LogP contribution is -2.47.